The lowest BCUT2D eigenvalue weighted by atomic mass is 10.3. The van der Waals surface area contributed by atoms with Gasteiger partial charge < -0.3 is 4.90 Å². The molecule has 1 fully saturated rings. The second kappa shape index (κ2) is 7.00. The monoisotopic (exact) mass is 348 g/mol. The minimum Gasteiger partial charge on any atom is -0.339 e. The van der Waals surface area contributed by atoms with Crippen LogP contribution in [0.15, 0.2) is 29.2 Å². The number of amides is 1. The molecule has 1 aromatic carbocycles. The van der Waals surface area contributed by atoms with Crippen molar-refractivity contribution in [1.29, 1.82) is 0 Å². The molecule has 0 spiro atoms. The molecule has 0 aromatic heterocycles. The number of rotatable bonds is 4. The van der Waals surface area contributed by atoms with E-state index >= 15 is 0 Å². The van der Waals surface area contributed by atoms with E-state index < -0.39 is 10.0 Å². The second-order valence-corrected chi connectivity index (χ2v) is 7.91. The highest BCUT2D eigenvalue weighted by Crippen LogP contribution is 2.20. The van der Waals surface area contributed by atoms with Crippen molar-refractivity contribution in [3.05, 3.63) is 29.3 Å². The summed E-state index contributed by atoms with van der Waals surface area (Å²) in [4.78, 5) is 13.7. The van der Waals surface area contributed by atoms with Gasteiger partial charge in [-0.25, -0.2) is 8.42 Å². The number of sulfonamides is 1. The Bertz CT molecular complexity index is 596. The number of nitrogens with zero attached hydrogens (tertiary/aromatic N) is 2. The predicted octanol–water partition coefficient (Wildman–Crippen LogP) is 1.54. The number of hydrogen-bond donors (Lipinski definition) is 0. The molecule has 1 heterocycles. The number of thioether (sulfide) groups is 1. The van der Waals surface area contributed by atoms with Crippen LogP contribution in [-0.4, -0.2) is 61.7 Å². The van der Waals surface area contributed by atoms with Gasteiger partial charge in [-0.15, -0.1) is 0 Å². The zero-order valence-corrected chi connectivity index (χ0v) is 14.0. The average Bonchev–Trinajstić information content (AvgIpc) is 2.48. The summed E-state index contributed by atoms with van der Waals surface area (Å²) in [5, 5.41) is 0.501. The van der Waals surface area contributed by atoms with Crippen molar-refractivity contribution in [2.75, 3.05) is 38.2 Å². The molecule has 1 saturated heterocycles. The van der Waals surface area contributed by atoms with Gasteiger partial charge in [0.2, 0.25) is 15.9 Å². The molecule has 1 aliphatic heterocycles. The van der Waals surface area contributed by atoms with Crippen molar-refractivity contribution >= 4 is 39.3 Å². The summed E-state index contributed by atoms with van der Waals surface area (Å²) < 4.78 is 26.4. The van der Waals surface area contributed by atoms with Crippen molar-refractivity contribution in [3.63, 3.8) is 0 Å². The fraction of sp³-hybridized carbons (Fsp3) is 0.462. The molecular weight excluding hydrogens is 332 g/mol. The Morgan fingerprint density at radius 1 is 1.19 bits per heavy atom. The number of benzene rings is 1. The van der Waals surface area contributed by atoms with Crippen LogP contribution in [-0.2, 0) is 14.8 Å². The number of piperazine rings is 1. The normalized spacial score (nSPS) is 17.0. The maximum absolute atomic E-state index is 12.5. The summed E-state index contributed by atoms with van der Waals surface area (Å²) in [6.45, 7) is 1.52. The third-order valence-electron chi connectivity index (χ3n) is 3.31. The maximum Gasteiger partial charge on any atom is 0.243 e. The van der Waals surface area contributed by atoms with Crippen LogP contribution in [0.25, 0.3) is 0 Å². The largest absolute Gasteiger partial charge is 0.339 e. The van der Waals surface area contributed by atoms with E-state index in [1.54, 1.807) is 17.0 Å². The summed E-state index contributed by atoms with van der Waals surface area (Å²) in [5.74, 6) is 0.496. The van der Waals surface area contributed by atoms with Crippen molar-refractivity contribution in [3.8, 4) is 0 Å². The SMILES string of the molecule is CSCC(=O)N1CCN(S(=O)(=O)c2ccc(Cl)cc2)CC1. The Morgan fingerprint density at radius 3 is 2.29 bits per heavy atom. The fourth-order valence-corrected chi connectivity index (χ4v) is 4.13. The molecule has 116 valence electrons. The molecule has 0 aliphatic carbocycles. The van der Waals surface area contributed by atoms with E-state index in [4.69, 9.17) is 11.6 Å². The van der Waals surface area contributed by atoms with Crippen molar-refractivity contribution in [2.24, 2.45) is 0 Å². The Morgan fingerprint density at radius 2 is 1.76 bits per heavy atom. The van der Waals surface area contributed by atoms with E-state index in [0.717, 1.165) is 0 Å². The smallest absolute Gasteiger partial charge is 0.243 e. The molecule has 1 aromatic rings. The minimum atomic E-state index is -3.51. The third kappa shape index (κ3) is 3.91. The van der Waals surface area contributed by atoms with E-state index in [2.05, 4.69) is 0 Å². The molecule has 21 heavy (non-hydrogen) atoms. The highest BCUT2D eigenvalue weighted by atomic mass is 35.5. The van der Waals surface area contributed by atoms with Gasteiger partial charge in [0.25, 0.3) is 0 Å². The van der Waals surface area contributed by atoms with Gasteiger partial charge in [0.15, 0.2) is 0 Å². The first-order valence-corrected chi connectivity index (χ1v) is 9.69. The summed E-state index contributed by atoms with van der Waals surface area (Å²) in [6, 6.07) is 6.13. The molecule has 0 N–H and O–H groups in total. The van der Waals surface area contributed by atoms with Crippen molar-refractivity contribution in [1.82, 2.24) is 9.21 Å². The van der Waals surface area contributed by atoms with Crippen LogP contribution in [0.5, 0.6) is 0 Å². The van der Waals surface area contributed by atoms with Gasteiger partial charge in [0.1, 0.15) is 0 Å². The quantitative estimate of drug-likeness (QED) is 0.828. The highest BCUT2D eigenvalue weighted by Gasteiger charge is 2.29. The van der Waals surface area contributed by atoms with Gasteiger partial charge >= 0.3 is 0 Å². The molecule has 0 unspecified atom stereocenters. The van der Waals surface area contributed by atoms with Gasteiger partial charge in [-0.1, -0.05) is 11.6 Å². The molecular formula is C13H17ClN2O3S2. The Hall–Kier alpha value is -0.760. The van der Waals surface area contributed by atoms with Crippen molar-refractivity contribution < 1.29 is 13.2 Å². The first-order chi connectivity index (χ1) is 9.95. The van der Waals surface area contributed by atoms with Crippen LogP contribution in [0.2, 0.25) is 5.02 Å². The molecule has 2 rings (SSSR count). The fourth-order valence-electron chi connectivity index (χ4n) is 2.15. The molecule has 0 atom stereocenters. The van der Waals surface area contributed by atoms with E-state index in [0.29, 0.717) is 37.0 Å². The van der Waals surface area contributed by atoms with E-state index in [-0.39, 0.29) is 10.8 Å². The lowest BCUT2D eigenvalue weighted by Crippen LogP contribution is -2.50. The van der Waals surface area contributed by atoms with Crippen LogP contribution in [0, 0.1) is 0 Å². The number of hydrogen-bond acceptors (Lipinski definition) is 4. The molecule has 5 nitrogen and oxygen atoms in total. The Balaban J connectivity index is 2.04. The van der Waals surface area contributed by atoms with Crippen LogP contribution >= 0.6 is 23.4 Å². The lowest BCUT2D eigenvalue weighted by Gasteiger charge is -2.34. The number of halogens is 1. The molecule has 0 bridgehead atoms. The van der Waals surface area contributed by atoms with E-state index in [1.165, 1.54) is 28.2 Å². The molecule has 0 radical (unpaired) electrons. The van der Waals surface area contributed by atoms with Gasteiger partial charge in [-0.05, 0) is 30.5 Å². The zero-order chi connectivity index (χ0) is 15.5. The van der Waals surface area contributed by atoms with Crippen LogP contribution < -0.4 is 0 Å². The Kier molecular flexibility index (Phi) is 5.54. The van der Waals surface area contributed by atoms with E-state index in [1.807, 2.05) is 6.26 Å². The molecule has 1 amide bonds. The summed E-state index contributed by atoms with van der Waals surface area (Å²) in [6.07, 6.45) is 1.87. The van der Waals surface area contributed by atoms with Gasteiger partial charge in [-0.3, -0.25) is 4.79 Å². The number of carbonyl (C=O) groups excluding carboxylic acids is 1. The minimum absolute atomic E-state index is 0.0611. The maximum atomic E-state index is 12.5. The molecule has 1 aliphatic rings. The second-order valence-electron chi connectivity index (χ2n) is 4.67. The van der Waals surface area contributed by atoms with Gasteiger partial charge in [0, 0.05) is 31.2 Å². The Labute approximate surface area is 134 Å². The highest BCUT2D eigenvalue weighted by molar-refractivity contribution is 7.99. The van der Waals surface area contributed by atoms with Gasteiger partial charge in [0.05, 0.1) is 10.6 Å². The average molecular weight is 349 g/mol. The summed E-state index contributed by atoms with van der Waals surface area (Å²) >= 11 is 7.25. The first kappa shape index (κ1) is 16.6. The lowest BCUT2D eigenvalue weighted by molar-refractivity contribution is -0.129. The summed E-state index contributed by atoms with van der Waals surface area (Å²) in [7, 11) is -3.51. The van der Waals surface area contributed by atoms with Gasteiger partial charge in [-0.2, -0.15) is 16.1 Å². The standard InChI is InChI=1S/C13H17ClN2O3S2/c1-20-10-13(17)15-6-8-16(9-7-15)21(18,19)12-4-2-11(14)3-5-12/h2-5H,6-10H2,1H3. The first-order valence-electron chi connectivity index (χ1n) is 6.47. The zero-order valence-electron chi connectivity index (χ0n) is 11.7. The van der Waals surface area contributed by atoms with Crippen LogP contribution in [0.1, 0.15) is 0 Å². The molecule has 8 heteroatoms. The number of carbonyl (C=O) groups is 1. The van der Waals surface area contributed by atoms with Crippen LogP contribution in [0.3, 0.4) is 0 Å². The predicted molar refractivity (Wildman–Crippen MR) is 85.2 cm³/mol. The van der Waals surface area contributed by atoms with Crippen molar-refractivity contribution in [2.45, 2.75) is 4.90 Å². The van der Waals surface area contributed by atoms with Crippen LogP contribution in [0.4, 0.5) is 0 Å². The van der Waals surface area contributed by atoms with E-state index in [9.17, 15) is 13.2 Å². The topological polar surface area (TPSA) is 57.7 Å². The molecule has 0 saturated carbocycles. The third-order valence-corrected chi connectivity index (χ3v) is 6.01. The summed E-state index contributed by atoms with van der Waals surface area (Å²) in [5.41, 5.74) is 0.